The van der Waals surface area contributed by atoms with E-state index in [1.54, 1.807) is 6.07 Å². The van der Waals surface area contributed by atoms with Crippen LogP contribution in [0.2, 0.25) is 0 Å². The Morgan fingerprint density at radius 1 is 1.11 bits per heavy atom. The first kappa shape index (κ1) is 12.6. The molecule has 2 heteroatoms. The van der Waals surface area contributed by atoms with Crippen molar-refractivity contribution in [3.63, 3.8) is 0 Å². The lowest BCUT2D eigenvalue weighted by Crippen LogP contribution is -1.99. The number of hydrogen-bond donors (Lipinski definition) is 0. The number of furan rings is 1. The molecular weight excluding hydrogens is 224 g/mol. The molecule has 0 bridgehead atoms. The smallest absolute Gasteiger partial charge is 0.228 e. The molecule has 0 aliphatic carbocycles. The highest BCUT2D eigenvalue weighted by Gasteiger charge is 2.12. The molecule has 0 atom stereocenters. The summed E-state index contributed by atoms with van der Waals surface area (Å²) in [5.74, 6) is 1.12. The molecule has 0 aliphatic heterocycles. The van der Waals surface area contributed by atoms with E-state index in [9.17, 15) is 4.79 Å². The molecule has 0 fully saturated rings. The Morgan fingerprint density at radius 3 is 2.39 bits per heavy atom. The van der Waals surface area contributed by atoms with E-state index >= 15 is 0 Å². The zero-order chi connectivity index (χ0) is 13.0. The molecule has 2 rings (SSSR count). The van der Waals surface area contributed by atoms with Gasteiger partial charge in [-0.2, -0.15) is 0 Å². The molecule has 18 heavy (non-hydrogen) atoms. The van der Waals surface area contributed by atoms with Crippen molar-refractivity contribution in [2.45, 2.75) is 33.1 Å². The van der Waals surface area contributed by atoms with Gasteiger partial charge >= 0.3 is 0 Å². The minimum absolute atomic E-state index is 0.0508. The lowest BCUT2D eigenvalue weighted by molar-refractivity contribution is 0.101. The molecule has 94 valence electrons. The van der Waals surface area contributed by atoms with Gasteiger partial charge in [-0.1, -0.05) is 37.6 Å². The van der Waals surface area contributed by atoms with Gasteiger partial charge in [-0.3, -0.25) is 4.79 Å². The summed E-state index contributed by atoms with van der Waals surface area (Å²) in [6.45, 7) is 4.02. The predicted molar refractivity (Wildman–Crippen MR) is 71.9 cm³/mol. The molecule has 2 aromatic rings. The number of ketones is 1. The van der Waals surface area contributed by atoms with Crippen LogP contribution in [0.3, 0.4) is 0 Å². The van der Waals surface area contributed by atoms with Crippen LogP contribution >= 0.6 is 0 Å². The first-order chi connectivity index (χ1) is 8.70. The van der Waals surface area contributed by atoms with Crippen molar-refractivity contribution < 1.29 is 9.21 Å². The zero-order valence-electron chi connectivity index (χ0n) is 10.9. The molecular formula is C16H18O2. The van der Waals surface area contributed by atoms with Crippen molar-refractivity contribution in [2.75, 3.05) is 0 Å². The Morgan fingerprint density at radius 2 is 1.83 bits per heavy atom. The zero-order valence-corrected chi connectivity index (χ0v) is 10.9. The molecule has 0 saturated heterocycles. The van der Waals surface area contributed by atoms with Crippen molar-refractivity contribution >= 4 is 5.78 Å². The van der Waals surface area contributed by atoms with Crippen molar-refractivity contribution in [1.82, 2.24) is 0 Å². The number of hydrogen-bond acceptors (Lipinski definition) is 2. The van der Waals surface area contributed by atoms with Crippen LogP contribution in [0.25, 0.3) is 0 Å². The SMILES string of the molecule is CCCCc1ccc(C(=O)c2ccc(C)o2)cc1. The van der Waals surface area contributed by atoms with E-state index in [0.717, 1.165) is 12.2 Å². The summed E-state index contributed by atoms with van der Waals surface area (Å²) in [4.78, 5) is 12.1. The minimum atomic E-state index is -0.0508. The van der Waals surface area contributed by atoms with Crippen LogP contribution in [0.1, 0.15) is 47.2 Å². The van der Waals surface area contributed by atoms with Crippen LogP contribution in [0, 0.1) is 6.92 Å². The molecule has 0 N–H and O–H groups in total. The Hall–Kier alpha value is -1.83. The van der Waals surface area contributed by atoms with Crippen LogP contribution in [-0.2, 0) is 6.42 Å². The fraction of sp³-hybridized carbons (Fsp3) is 0.312. The van der Waals surface area contributed by atoms with Crippen LogP contribution in [-0.4, -0.2) is 5.78 Å². The van der Waals surface area contributed by atoms with Gasteiger partial charge in [-0.05, 0) is 37.5 Å². The van der Waals surface area contributed by atoms with Crippen LogP contribution in [0.4, 0.5) is 0 Å². The summed E-state index contributed by atoms with van der Waals surface area (Å²) in [7, 11) is 0. The van der Waals surface area contributed by atoms with Gasteiger partial charge in [0.25, 0.3) is 0 Å². The molecule has 0 unspecified atom stereocenters. The van der Waals surface area contributed by atoms with Crippen LogP contribution in [0.5, 0.6) is 0 Å². The average molecular weight is 242 g/mol. The van der Waals surface area contributed by atoms with Gasteiger partial charge in [0.15, 0.2) is 5.76 Å². The van der Waals surface area contributed by atoms with E-state index in [2.05, 4.69) is 6.92 Å². The van der Waals surface area contributed by atoms with Gasteiger partial charge in [-0.25, -0.2) is 0 Å². The monoisotopic (exact) mass is 242 g/mol. The van der Waals surface area contributed by atoms with Crippen molar-refractivity contribution in [2.24, 2.45) is 0 Å². The maximum atomic E-state index is 12.1. The Balaban J connectivity index is 2.12. The quantitative estimate of drug-likeness (QED) is 0.737. The summed E-state index contributed by atoms with van der Waals surface area (Å²) in [5.41, 5.74) is 1.97. The highest BCUT2D eigenvalue weighted by molar-refractivity contribution is 6.07. The third-order valence-electron chi connectivity index (χ3n) is 3.00. The predicted octanol–water partition coefficient (Wildman–Crippen LogP) is 4.16. The number of unbranched alkanes of at least 4 members (excludes halogenated alkanes) is 1. The highest BCUT2D eigenvalue weighted by atomic mass is 16.3. The van der Waals surface area contributed by atoms with E-state index in [1.807, 2.05) is 37.3 Å². The molecule has 0 spiro atoms. The van der Waals surface area contributed by atoms with Crippen molar-refractivity contribution in [3.8, 4) is 0 Å². The maximum absolute atomic E-state index is 12.1. The molecule has 2 nitrogen and oxygen atoms in total. The highest BCUT2D eigenvalue weighted by Crippen LogP contribution is 2.14. The number of benzene rings is 1. The molecule has 0 amide bonds. The molecule has 1 heterocycles. The van der Waals surface area contributed by atoms with Crippen LogP contribution < -0.4 is 0 Å². The number of rotatable bonds is 5. The lowest BCUT2D eigenvalue weighted by atomic mass is 10.0. The van der Waals surface area contributed by atoms with Crippen molar-refractivity contribution in [1.29, 1.82) is 0 Å². The number of carbonyl (C=O) groups is 1. The lowest BCUT2D eigenvalue weighted by Gasteiger charge is -2.02. The third kappa shape index (κ3) is 2.89. The Labute approximate surface area is 108 Å². The van der Waals surface area contributed by atoms with Gasteiger partial charge in [-0.15, -0.1) is 0 Å². The van der Waals surface area contributed by atoms with Gasteiger partial charge in [0.1, 0.15) is 5.76 Å². The summed E-state index contributed by atoms with van der Waals surface area (Å²) < 4.78 is 5.35. The summed E-state index contributed by atoms with van der Waals surface area (Å²) in [6, 6.07) is 11.3. The summed E-state index contributed by atoms with van der Waals surface area (Å²) in [6.07, 6.45) is 3.45. The Kier molecular flexibility index (Phi) is 3.98. The Bertz CT molecular complexity index is 520. The second-order valence-corrected chi connectivity index (χ2v) is 4.54. The maximum Gasteiger partial charge on any atom is 0.228 e. The molecule has 0 radical (unpaired) electrons. The molecule has 0 saturated carbocycles. The second-order valence-electron chi connectivity index (χ2n) is 4.54. The average Bonchev–Trinajstić information content (AvgIpc) is 2.83. The second kappa shape index (κ2) is 5.67. The minimum Gasteiger partial charge on any atom is -0.458 e. The van der Waals surface area contributed by atoms with E-state index < -0.39 is 0 Å². The van der Waals surface area contributed by atoms with E-state index in [1.165, 1.54) is 18.4 Å². The van der Waals surface area contributed by atoms with E-state index in [4.69, 9.17) is 4.42 Å². The third-order valence-corrected chi connectivity index (χ3v) is 3.00. The van der Waals surface area contributed by atoms with Gasteiger partial charge in [0.05, 0.1) is 0 Å². The summed E-state index contributed by atoms with van der Waals surface area (Å²) in [5, 5.41) is 0. The van der Waals surface area contributed by atoms with E-state index in [-0.39, 0.29) is 5.78 Å². The van der Waals surface area contributed by atoms with Crippen molar-refractivity contribution in [3.05, 3.63) is 59.0 Å². The van der Waals surface area contributed by atoms with Crippen LogP contribution in [0.15, 0.2) is 40.8 Å². The number of carbonyl (C=O) groups excluding carboxylic acids is 1. The molecule has 0 aliphatic rings. The summed E-state index contributed by atoms with van der Waals surface area (Å²) >= 11 is 0. The number of aryl methyl sites for hydroxylation is 2. The fourth-order valence-electron chi connectivity index (χ4n) is 1.90. The molecule has 1 aromatic heterocycles. The fourth-order valence-corrected chi connectivity index (χ4v) is 1.90. The standard InChI is InChI=1S/C16H18O2/c1-3-4-5-13-7-9-14(10-8-13)16(17)15-11-6-12(2)18-15/h6-11H,3-5H2,1-2H3. The normalized spacial score (nSPS) is 10.6. The first-order valence-electron chi connectivity index (χ1n) is 6.41. The largest absolute Gasteiger partial charge is 0.458 e. The topological polar surface area (TPSA) is 30.2 Å². The molecule has 1 aromatic carbocycles. The van der Waals surface area contributed by atoms with E-state index in [0.29, 0.717) is 11.3 Å². The van der Waals surface area contributed by atoms with Gasteiger partial charge < -0.3 is 4.42 Å². The first-order valence-corrected chi connectivity index (χ1v) is 6.41. The van der Waals surface area contributed by atoms with Gasteiger partial charge in [0.2, 0.25) is 5.78 Å². The van der Waals surface area contributed by atoms with Gasteiger partial charge in [0, 0.05) is 5.56 Å².